The molecule has 2 amide bonds. The highest BCUT2D eigenvalue weighted by atomic mass is 35.5. The van der Waals surface area contributed by atoms with Crippen LogP contribution in [0.25, 0.3) is 0 Å². The Morgan fingerprint density at radius 2 is 1.71 bits per heavy atom. The largest absolute Gasteiger partial charge is 0.354 e. The predicted octanol–water partition coefficient (Wildman–Crippen LogP) is 4.06. The summed E-state index contributed by atoms with van der Waals surface area (Å²) in [5, 5.41) is 3.34. The van der Waals surface area contributed by atoms with Crippen LogP contribution >= 0.6 is 11.6 Å². The van der Waals surface area contributed by atoms with Crippen LogP contribution in [-0.4, -0.2) is 50.5 Å². The van der Waals surface area contributed by atoms with Crippen LogP contribution in [0, 0.1) is 13.8 Å². The first-order valence-corrected chi connectivity index (χ1v) is 13.6. The Morgan fingerprint density at radius 1 is 1.06 bits per heavy atom. The van der Waals surface area contributed by atoms with Crippen molar-refractivity contribution in [3.05, 3.63) is 64.2 Å². The molecule has 2 rings (SSSR count). The minimum Gasteiger partial charge on any atom is -0.354 e. The zero-order valence-corrected chi connectivity index (χ0v) is 22.0. The topological polar surface area (TPSA) is 86.8 Å². The third-order valence-corrected chi connectivity index (χ3v) is 6.88. The van der Waals surface area contributed by atoms with E-state index in [1.807, 2.05) is 45.0 Å². The van der Waals surface area contributed by atoms with Crippen LogP contribution in [0.3, 0.4) is 0 Å². The van der Waals surface area contributed by atoms with Gasteiger partial charge in [-0.2, -0.15) is 0 Å². The van der Waals surface area contributed by atoms with Crippen LogP contribution in [0.2, 0.25) is 5.02 Å². The minimum atomic E-state index is -3.79. The Bertz CT molecular complexity index is 1100. The van der Waals surface area contributed by atoms with Gasteiger partial charge in [-0.1, -0.05) is 55.3 Å². The molecule has 1 atom stereocenters. The summed E-state index contributed by atoms with van der Waals surface area (Å²) in [7, 11) is -3.79. The molecule has 0 fully saturated rings. The number of anilines is 1. The predicted molar refractivity (Wildman–Crippen MR) is 137 cm³/mol. The normalized spacial score (nSPS) is 12.2. The number of hydrogen-bond donors (Lipinski definition) is 1. The average molecular weight is 508 g/mol. The third kappa shape index (κ3) is 7.46. The number of sulfonamides is 1. The van der Waals surface area contributed by atoms with Gasteiger partial charge in [0.15, 0.2) is 0 Å². The summed E-state index contributed by atoms with van der Waals surface area (Å²) < 4.78 is 26.4. The summed E-state index contributed by atoms with van der Waals surface area (Å²) in [6.07, 6.45) is 2.22. The van der Waals surface area contributed by atoms with Crippen molar-refractivity contribution >= 4 is 39.1 Å². The van der Waals surface area contributed by atoms with Crippen molar-refractivity contribution in [2.75, 3.05) is 23.7 Å². The Labute approximate surface area is 208 Å². The van der Waals surface area contributed by atoms with Crippen LogP contribution in [0.4, 0.5) is 5.69 Å². The zero-order valence-electron chi connectivity index (χ0n) is 20.5. The number of carbonyl (C=O) groups is 2. The van der Waals surface area contributed by atoms with E-state index in [-0.39, 0.29) is 12.5 Å². The van der Waals surface area contributed by atoms with Crippen LogP contribution in [-0.2, 0) is 26.2 Å². The second-order valence-corrected chi connectivity index (χ2v) is 10.8. The van der Waals surface area contributed by atoms with E-state index in [0.717, 1.165) is 28.1 Å². The maximum absolute atomic E-state index is 13.6. The van der Waals surface area contributed by atoms with Gasteiger partial charge in [-0.25, -0.2) is 8.42 Å². The second kappa shape index (κ2) is 12.2. The maximum Gasteiger partial charge on any atom is 0.244 e. The molecular weight excluding hydrogens is 474 g/mol. The standard InChI is InChI=1S/C25H34ClN3O4S/c1-6-14-27-25(31)22(7-2)28(16-20-10-8-18(3)9-11-20)24(30)17-29(34(5,32)33)23-13-12-21(26)15-19(23)4/h8-13,15,22H,6-7,14,16-17H2,1-5H3,(H,27,31)/t22-/m1/s1. The molecule has 7 nitrogen and oxygen atoms in total. The number of aryl methyl sites for hydroxylation is 2. The van der Waals surface area contributed by atoms with Crippen molar-refractivity contribution < 1.29 is 18.0 Å². The number of halogens is 1. The number of nitrogens with zero attached hydrogens (tertiary/aromatic N) is 2. The Kier molecular flexibility index (Phi) is 9.94. The van der Waals surface area contributed by atoms with E-state index in [4.69, 9.17) is 11.6 Å². The number of nitrogens with one attached hydrogen (secondary N) is 1. The quantitative estimate of drug-likeness (QED) is 0.497. The fraction of sp³-hybridized carbons (Fsp3) is 0.440. The molecule has 0 aliphatic carbocycles. The molecule has 0 radical (unpaired) electrons. The van der Waals surface area contributed by atoms with Crippen molar-refractivity contribution in [2.24, 2.45) is 0 Å². The lowest BCUT2D eigenvalue weighted by molar-refractivity contribution is -0.140. The molecule has 2 aromatic rings. The van der Waals surface area contributed by atoms with Gasteiger partial charge in [-0.3, -0.25) is 13.9 Å². The number of carbonyl (C=O) groups excluding carboxylic acids is 2. The zero-order chi connectivity index (χ0) is 25.5. The first-order chi connectivity index (χ1) is 16.0. The molecule has 186 valence electrons. The molecule has 1 N–H and O–H groups in total. The fourth-order valence-corrected chi connectivity index (χ4v) is 4.80. The molecule has 0 heterocycles. The van der Waals surface area contributed by atoms with E-state index >= 15 is 0 Å². The number of benzene rings is 2. The molecule has 0 aliphatic rings. The molecule has 0 spiro atoms. The Morgan fingerprint density at radius 3 is 2.24 bits per heavy atom. The van der Waals surface area contributed by atoms with Crippen molar-refractivity contribution in [1.29, 1.82) is 0 Å². The fourth-order valence-electron chi connectivity index (χ4n) is 3.67. The average Bonchev–Trinajstić information content (AvgIpc) is 2.76. The lowest BCUT2D eigenvalue weighted by atomic mass is 10.1. The van der Waals surface area contributed by atoms with Gasteiger partial charge < -0.3 is 10.2 Å². The van der Waals surface area contributed by atoms with Crippen LogP contribution < -0.4 is 9.62 Å². The smallest absolute Gasteiger partial charge is 0.244 e. The Balaban J connectivity index is 2.44. The van der Waals surface area contributed by atoms with E-state index in [1.165, 1.54) is 4.90 Å². The second-order valence-electron chi connectivity index (χ2n) is 8.42. The van der Waals surface area contributed by atoms with E-state index in [1.54, 1.807) is 25.1 Å². The SMILES string of the molecule is CCCNC(=O)[C@@H](CC)N(Cc1ccc(C)cc1)C(=O)CN(c1ccc(Cl)cc1C)S(C)(=O)=O. The molecule has 0 saturated carbocycles. The van der Waals surface area contributed by atoms with Gasteiger partial charge in [0.1, 0.15) is 12.6 Å². The van der Waals surface area contributed by atoms with Crippen molar-refractivity contribution in [3.63, 3.8) is 0 Å². The van der Waals surface area contributed by atoms with E-state index in [0.29, 0.717) is 29.2 Å². The van der Waals surface area contributed by atoms with Gasteiger partial charge in [0, 0.05) is 18.1 Å². The molecule has 34 heavy (non-hydrogen) atoms. The van der Waals surface area contributed by atoms with Crippen LogP contribution in [0.15, 0.2) is 42.5 Å². The lowest BCUT2D eigenvalue weighted by Gasteiger charge is -2.33. The number of hydrogen-bond acceptors (Lipinski definition) is 4. The van der Waals surface area contributed by atoms with Gasteiger partial charge in [0.2, 0.25) is 21.8 Å². The van der Waals surface area contributed by atoms with Crippen molar-refractivity contribution in [3.8, 4) is 0 Å². The molecule has 2 aromatic carbocycles. The molecule has 9 heteroatoms. The first kappa shape index (κ1) is 27.7. The summed E-state index contributed by atoms with van der Waals surface area (Å²) in [5.74, 6) is -0.711. The molecule has 0 bridgehead atoms. The van der Waals surface area contributed by atoms with Gasteiger partial charge >= 0.3 is 0 Å². The summed E-state index contributed by atoms with van der Waals surface area (Å²) >= 11 is 6.04. The molecular formula is C25H34ClN3O4S. The maximum atomic E-state index is 13.6. The van der Waals surface area contributed by atoms with Gasteiger partial charge in [0.05, 0.1) is 11.9 Å². The Hall–Kier alpha value is -2.58. The van der Waals surface area contributed by atoms with E-state index in [9.17, 15) is 18.0 Å². The first-order valence-electron chi connectivity index (χ1n) is 11.3. The van der Waals surface area contributed by atoms with E-state index < -0.39 is 28.5 Å². The van der Waals surface area contributed by atoms with Crippen molar-refractivity contribution in [2.45, 2.75) is 53.1 Å². The summed E-state index contributed by atoms with van der Waals surface area (Å²) in [6, 6.07) is 11.8. The third-order valence-electron chi connectivity index (χ3n) is 5.52. The summed E-state index contributed by atoms with van der Waals surface area (Å²) in [4.78, 5) is 28.0. The number of amides is 2. The summed E-state index contributed by atoms with van der Waals surface area (Å²) in [6.45, 7) is 7.76. The number of rotatable bonds is 11. The lowest BCUT2D eigenvalue weighted by Crippen LogP contribution is -2.52. The molecule has 0 aromatic heterocycles. The molecule has 0 aliphatic heterocycles. The van der Waals surface area contributed by atoms with Crippen molar-refractivity contribution in [1.82, 2.24) is 10.2 Å². The monoisotopic (exact) mass is 507 g/mol. The van der Waals surface area contributed by atoms with Gasteiger partial charge in [0.25, 0.3) is 0 Å². The van der Waals surface area contributed by atoms with Crippen LogP contribution in [0.5, 0.6) is 0 Å². The highest BCUT2D eigenvalue weighted by Crippen LogP contribution is 2.26. The van der Waals surface area contributed by atoms with E-state index in [2.05, 4.69) is 5.32 Å². The van der Waals surface area contributed by atoms with Gasteiger partial charge in [-0.15, -0.1) is 0 Å². The molecule has 0 saturated heterocycles. The van der Waals surface area contributed by atoms with Crippen LogP contribution in [0.1, 0.15) is 43.4 Å². The highest BCUT2D eigenvalue weighted by Gasteiger charge is 2.32. The van der Waals surface area contributed by atoms with Gasteiger partial charge in [-0.05, 0) is 56.0 Å². The minimum absolute atomic E-state index is 0.189. The highest BCUT2D eigenvalue weighted by molar-refractivity contribution is 7.92. The summed E-state index contributed by atoms with van der Waals surface area (Å²) in [5.41, 5.74) is 2.94. The molecule has 0 unspecified atom stereocenters.